The van der Waals surface area contributed by atoms with E-state index < -0.39 is 0 Å². The summed E-state index contributed by atoms with van der Waals surface area (Å²) in [5.74, 6) is -0.427. The Morgan fingerprint density at radius 3 is 2.76 bits per heavy atom. The molecule has 1 aromatic heterocycles. The number of ketones is 1. The Morgan fingerprint density at radius 2 is 1.90 bits per heavy atom. The van der Waals surface area contributed by atoms with E-state index in [-0.39, 0.29) is 18.0 Å². The van der Waals surface area contributed by atoms with Crippen LogP contribution in [0.4, 0.5) is 4.39 Å². The molecule has 0 saturated carbocycles. The number of fused-ring (bicyclic) bond motifs is 1. The second-order valence-electron chi connectivity index (χ2n) is 5.06. The summed E-state index contributed by atoms with van der Waals surface area (Å²) in [6.07, 6.45) is 0.162. The number of pyridine rings is 1. The van der Waals surface area contributed by atoms with Gasteiger partial charge in [0, 0.05) is 11.8 Å². The molecular formula is C18H14FNO. The zero-order chi connectivity index (χ0) is 14.8. The van der Waals surface area contributed by atoms with Crippen molar-refractivity contribution in [3.8, 4) is 0 Å². The molecule has 0 fully saturated rings. The van der Waals surface area contributed by atoms with E-state index in [1.807, 2.05) is 37.3 Å². The van der Waals surface area contributed by atoms with Crippen LogP contribution in [0.25, 0.3) is 10.9 Å². The van der Waals surface area contributed by atoms with Gasteiger partial charge in [-0.05, 0) is 42.3 Å². The van der Waals surface area contributed by atoms with Gasteiger partial charge in [-0.25, -0.2) is 9.37 Å². The van der Waals surface area contributed by atoms with Crippen LogP contribution in [0.2, 0.25) is 0 Å². The Morgan fingerprint density at radius 1 is 1.10 bits per heavy atom. The highest BCUT2D eigenvalue weighted by molar-refractivity contribution is 5.97. The molecule has 21 heavy (non-hydrogen) atoms. The molecule has 0 N–H and O–H groups in total. The standard InChI is InChI=1S/C18H14FNO/c1-12-6-8-15(19)10-14(12)11-18(21)17-9-7-13-4-2-3-5-16(13)20-17/h2-10H,11H2,1H3. The lowest BCUT2D eigenvalue weighted by Crippen LogP contribution is -2.07. The number of benzene rings is 2. The molecule has 3 heteroatoms. The molecule has 2 aromatic carbocycles. The molecule has 0 atom stereocenters. The van der Waals surface area contributed by atoms with Crippen LogP contribution in [-0.4, -0.2) is 10.8 Å². The highest BCUT2D eigenvalue weighted by atomic mass is 19.1. The molecule has 0 bridgehead atoms. The number of carbonyl (C=O) groups is 1. The van der Waals surface area contributed by atoms with Crippen LogP contribution < -0.4 is 0 Å². The summed E-state index contributed by atoms with van der Waals surface area (Å²) in [4.78, 5) is 16.7. The Labute approximate surface area is 122 Å². The molecule has 0 amide bonds. The normalized spacial score (nSPS) is 10.8. The fourth-order valence-corrected chi connectivity index (χ4v) is 2.32. The van der Waals surface area contributed by atoms with Gasteiger partial charge in [-0.1, -0.05) is 30.3 Å². The largest absolute Gasteiger partial charge is 0.292 e. The third-order valence-electron chi connectivity index (χ3n) is 3.55. The average Bonchev–Trinajstić information content (AvgIpc) is 2.50. The lowest BCUT2D eigenvalue weighted by atomic mass is 10.0. The predicted molar refractivity (Wildman–Crippen MR) is 80.9 cm³/mol. The zero-order valence-corrected chi connectivity index (χ0v) is 11.6. The van der Waals surface area contributed by atoms with E-state index in [1.165, 1.54) is 12.1 Å². The highest BCUT2D eigenvalue weighted by Gasteiger charge is 2.11. The van der Waals surface area contributed by atoms with E-state index in [2.05, 4.69) is 4.98 Å². The number of para-hydroxylation sites is 1. The Bertz CT molecular complexity index is 826. The van der Waals surface area contributed by atoms with Crippen LogP contribution in [0.3, 0.4) is 0 Å². The number of nitrogens with zero attached hydrogens (tertiary/aromatic N) is 1. The van der Waals surface area contributed by atoms with E-state index in [9.17, 15) is 9.18 Å². The summed E-state index contributed by atoms with van der Waals surface area (Å²) in [7, 11) is 0. The van der Waals surface area contributed by atoms with Crippen molar-refractivity contribution < 1.29 is 9.18 Å². The molecule has 3 rings (SSSR count). The van der Waals surface area contributed by atoms with Crippen molar-refractivity contribution >= 4 is 16.7 Å². The molecule has 0 spiro atoms. The fraction of sp³-hybridized carbons (Fsp3) is 0.111. The van der Waals surface area contributed by atoms with Gasteiger partial charge in [-0.2, -0.15) is 0 Å². The van der Waals surface area contributed by atoms with E-state index in [0.29, 0.717) is 11.3 Å². The van der Waals surface area contributed by atoms with Gasteiger partial charge in [-0.3, -0.25) is 4.79 Å². The molecule has 0 saturated heterocycles. The third kappa shape index (κ3) is 2.82. The second-order valence-corrected chi connectivity index (χ2v) is 5.06. The molecule has 104 valence electrons. The number of aryl methyl sites for hydroxylation is 1. The fourth-order valence-electron chi connectivity index (χ4n) is 2.32. The number of halogens is 1. The van der Waals surface area contributed by atoms with Crippen molar-refractivity contribution in [2.24, 2.45) is 0 Å². The first-order valence-electron chi connectivity index (χ1n) is 6.77. The molecule has 1 heterocycles. The zero-order valence-electron chi connectivity index (χ0n) is 11.6. The third-order valence-corrected chi connectivity index (χ3v) is 3.55. The summed E-state index contributed by atoms with van der Waals surface area (Å²) in [6.45, 7) is 1.87. The topological polar surface area (TPSA) is 30.0 Å². The smallest absolute Gasteiger partial charge is 0.185 e. The van der Waals surface area contributed by atoms with Gasteiger partial charge in [0.15, 0.2) is 5.78 Å². The maximum atomic E-state index is 13.3. The minimum Gasteiger partial charge on any atom is -0.292 e. The molecule has 0 radical (unpaired) electrons. The van der Waals surface area contributed by atoms with Crippen molar-refractivity contribution in [3.63, 3.8) is 0 Å². The van der Waals surface area contributed by atoms with Crippen LogP contribution in [0.5, 0.6) is 0 Å². The average molecular weight is 279 g/mol. The van der Waals surface area contributed by atoms with Gasteiger partial charge < -0.3 is 0 Å². The lowest BCUT2D eigenvalue weighted by Gasteiger charge is -2.06. The number of rotatable bonds is 3. The minimum absolute atomic E-state index is 0.102. The number of hydrogen-bond donors (Lipinski definition) is 0. The lowest BCUT2D eigenvalue weighted by molar-refractivity contribution is 0.0988. The van der Waals surface area contributed by atoms with E-state index in [4.69, 9.17) is 0 Å². The van der Waals surface area contributed by atoms with Gasteiger partial charge in [0.05, 0.1) is 5.52 Å². The monoisotopic (exact) mass is 279 g/mol. The second kappa shape index (κ2) is 5.44. The van der Waals surface area contributed by atoms with Gasteiger partial charge >= 0.3 is 0 Å². The van der Waals surface area contributed by atoms with Crippen molar-refractivity contribution in [2.45, 2.75) is 13.3 Å². The predicted octanol–water partition coefficient (Wildman–Crippen LogP) is 4.11. The van der Waals surface area contributed by atoms with Crippen LogP contribution in [0.1, 0.15) is 21.6 Å². The van der Waals surface area contributed by atoms with Crippen molar-refractivity contribution in [3.05, 3.63) is 77.2 Å². The number of aromatic nitrogens is 1. The van der Waals surface area contributed by atoms with Gasteiger partial charge in [0.2, 0.25) is 0 Å². The van der Waals surface area contributed by atoms with Crippen molar-refractivity contribution in [1.82, 2.24) is 4.98 Å². The summed E-state index contributed by atoms with van der Waals surface area (Å²) in [6, 6.07) is 15.7. The van der Waals surface area contributed by atoms with E-state index in [0.717, 1.165) is 16.5 Å². The molecule has 0 aliphatic heterocycles. The Balaban J connectivity index is 1.91. The van der Waals surface area contributed by atoms with Gasteiger partial charge in [-0.15, -0.1) is 0 Å². The Hall–Kier alpha value is -2.55. The van der Waals surface area contributed by atoms with Crippen LogP contribution in [0, 0.1) is 12.7 Å². The van der Waals surface area contributed by atoms with Crippen LogP contribution >= 0.6 is 0 Å². The molecular weight excluding hydrogens is 265 g/mol. The molecule has 0 unspecified atom stereocenters. The van der Waals surface area contributed by atoms with Crippen LogP contribution in [0.15, 0.2) is 54.6 Å². The SMILES string of the molecule is Cc1ccc(F)cc1CC(=O)c1ccc2ccccc2n1. The Kier molecular flexibility index (Phi) is 3.48. The number of carbonyl (C=O) groups excluding carboxylic acids is 1. The maximum absolute atomic E-state index is 13.3. The molecule has 2 nitrogen and oxygen atoms in total. The molecule has 3 aromatic rings. The first kappa shape index (κ1) is 13.4. The van der Waals surface area contributed by atoms with Gasteiger partial charge in [0.1, 0.15) is 11.5 Å². The minimum atomic E-state index is -0.324. The quantitative estimate of drug-likeness (QED) is 0.675. The first-order valence-corrected chi connectivity index (χ1v) is 6.77. The highest BCUT2D eigenvalue weighted by Crippen LogP contribution is 2.16. The van der Waals surface area contributed by atoms with Crippen LogP contribution in [-0.2, 0) is 6.42 Å². The van der Waals surface area contributed by atoms with Gasteiger partial charge in [0.25, 0.3) is 0 Å². The number of hydrogen-bond acceptors (Lipinski definition) is 2. The summed E-state index contributed by atoms with van der Waals surface area (Å²) >= 11 is 0. The first-order chi connectivity index (χ1) is 10.1. The summed E-state index contributed by atoms with van der Waals surface area (Å²) < 4.78 is 13.3. The van der Waals surface area contributed by atoms with Crippen molar-refractivity contribution in [1.29, 1.82) is 0 Å². The molecule has 0 aliphatic rings. The summed E-state index contributed by atoms with van der Waals surface area (Å²) in [5, 5.41) is 0.996. The van der Waals surface area contributed by atoms with E-state index in [1.54, 1.807) is 12.1 Å². The van der Waals surface area contributed by atoms with E-state index >= 15 is 0 Å². The summed E-state index contributed by atoms with van der Waals surface area (Å²) in [5.41, 5.74) is 2.82. The van der Waals surface area contributed by atoms with Crippen molar-refractivity contribution in [2.75, 3.05) is 0 Å². The number of Topliss-reactive ketones (excluding diaryl/α,β-unsaturated/α-hetero) is 1. The maximum Gasteiger partial charge on any atom is 0.185 e. The molecule has 0 aliphatic carbocycles.